The number of aromatic nitrogens is 2. The minimum Gasteiger partial charge on any atom is -0.387 e. The molecule has 0 radical (unpaired) electrons. The third-order valence-electron chi connectivity index (χ3n) is 7.32. The first-order valence-electron chi connectivity index (χ1n) is 12.1. The maximum atomic E-state index is 12.3. The first kappa shape index (κ1) is 24.1. The van der Waals surface area contributed by atoms with Gasteiger partial charge in [-0.25, -0.2) is 9.97 Å². The lowest BCUT2D eigenvalue weighted by atomic mass is 10.0. The Morgan fingerprint density at radius 1 is 1.24 bits per heavy atom. The SMILES string of the molecule is C[C@@H]1C[C@H](O)c2ncnc(N3CCN(C(NC4CCOCC4)C(C=O)c4ccc(Cl)s4)CC3)c21. The van der Waals surface area contributed by atoms with E-state index in [-0.39, 0.29) is 18.0 Å². The van der Waals surface area contributed by atoms with Crippen molar-refractivity contribution in [1.82, 2.24) is 20.2 Å². The molecule has 0 amide bonds. The normalized spacial score (nSPS) is 25.8. The number of aliphatic hydroxyl groups excluding tert-OH is 1. The molecule has 0 bridgehead atoms. The van der Waals surface area contributed by atoms with Crippen molar-refractivity contribution < 1.29 is 14.6 Å². The van der Waals surface area contributed by atoms with Gasteiger partial charge in [-0.2, -0.15) is 0 Å². The average molecular weight is 506 g/mol. The summed E-state index contributed by atoms with van der Waals surface area (Å²) in [7, 11) is 0. The standard InChI is InChI=1S/C24H32ClN5O3S/c1-15-12-18(32)22-21(15)24(27-14-26-22)30-8-6-29(7-9-30)23(28-16-4-10-33-11-5-16)17(13-31)19-2-3-20(25)34-19/h2-3,13-18,23,28,32H,4-12H2,1H3/t15-,17?,18+,23?/m1/s1. The number of carbonyl (C=O) groups is 1. The van der Waals surface area contributed by atoms with Crippen LogP contribution in [-0.4, -0.2) is 77.9 Å². The first-order chi connectivity index (χ1) is 16.5. The van der Waals surface area contributed by atoms with Gasteiger partial charge < -0.3 is 19.5 Å². The van der Waals surface area contributed by atoms with Gasteiger partial charge in [-0.1, -0.05) is 18.5 Å². The van der Waals surface area contributed by atoms with Crippen LogP contribution in [-0.2, 0) is 9.53 Å². The molecular formula is C24H32ClN5O3S. The molecule has 0 saturated carbocycles. The Labute approximate surface area is 209 Å². The summed E-state index contributed by atoms with van der Waals surface area (Å²) >= 11 is 7.69. The molecule has 2 aromatic heterocycles. The van der Waals surface area contributed by atoms with Crippen LogP contribution in [0.25, 0.3) is 0 Å². The van der Waals surface area contributed by atoms with Crippen LogP contribution in [0.4, 0.5) is 5.82 Å². The van der Waals surface area contributed by atoms with Crippen LogP contribution in [0.2, 0.25) is 4.34 Å². The van der Waals surface area contributed by atoms with E-state index in [1.165, 1.54) is 11.3 Å². The third-order valence-corrected chi connectivity index (χ3v) is 8.66. The molecule has 2 aromatic rings. The molecule has 2 N–H and O–H groups in total. The van der Waals surface area contributed by atoms with Gasteiger partial charge in [0.2, 0.25) is 0 Å². The van der Waals surface area contributed by atoms with Gasteiger partial charge in [0.1, 0.15) is 18.4 Å². The minimum absolute atomic E-state index is 0.102. The smallest absolute Gasteiger partial charge is 0.135 e. The summed E-state index contributed by atoms with van der Waals surface area (Å²) in [6.07, 6.45) is 4.61. The number of nitrogens with zero attached hydrogens (tertiary/aromatic N) is 4. The summed E-state index contributed by atoms with van der Waals surface area (Å²) in [5, 5.41) is 14.2. The summed E-state index contributed by atoms with van der Waals surface area (Å²) in [6, 6.07) is 4.16. The molecule has 184 valence electrons. The fraction of sp³-hybridized carbons (Fsp3) is 0.625. The van der Waals surface area contributed by atoms with Crippen LogP contribution in [0.1, 0.15) is 60.3 Å². The highest BCUT2D eigenvalue weighted by Crippen LogP contribution is 2.43. The van der Waals surface area contributed by atoms with Crippen molar-refractivity contribution in [2.24, 2.45) is 0 Å². The molecule has 0 spiro atoms. The molecule has 2 saturated heterocycles. The summed E-state index contributed by atoms with van der Waals surface area (Å²) in [5.41, 5.74) is 1.86. The van der Waals surface area contributed by atoms with E-state index < -0.39 is 6.10 Å². The van der Waals surface area contributed by atoms with Crippen LogP contribution in [0.15, 0.2) is 18.5 Å². The largest absolute Gasteiger partial charge is 0.387 e. The van der Waals surface area contributed by atoms with Crippen molar-refractivity contribution >= 4 is 35.0 Å². The Balaban J connectivity index is 1.34. The van der Waals surface area contributed by atoms with E-state index in [2.05, 4.69) is 32.0 Å². The minimum atomic E-state index is -0.507. The second-order valence-corrected chi connectivity index (χ2v) is 11.2. The monoisotopic (exact) mass is 505 g/mol. The zero-order chi connectivity index (χ0) is 23.7. The Morgan fingerprint density at radius 3 is 2.68 bits per heavy atom. The van der Waals surface area contributed by atoms with Crippen LogP contribution < -0.4 is 10.2 Å². The number of nitrogens with one attached hydrogen (secondary N) is 1. The Bertz CT molecular complexity index is 993. The summed E-state index contributed by atoms with van der Waals surface area (Å²) in [4.78, 5) is 27.0. The van der Waals surface area contributed by atoms with Crippen LogP contribution in [0.5, 0.6) is 0 Å². The highest BCUT2D eigenvalue weighted by molar-refractivity contribution is 7.16. The van der Waals surface area contributed by atoms with Crippen LogP contribution in [0.3, 0.4) is 0 Å². The molecule has 2 fully saturated rings. The first-order valence-corrected chi connectivity index (χ1v) is 13.3. The van der Waals surface area contributed by atoms with E-state index in [0.717, 1.165) is 80.5 Å². The number of thiophene rings is 1. The van der Waals surface area contributed by atoms with Crippen molar-refractivity contribution in [3.05, 3.63) is 38.9 Å². The number of aldehydes is 1. The number of halogens is 1. The maximum Gasteiger partial charge on any atom is 0.135 e. The quantitative estimate of drug-likeness (QED) is 0.555. The van der Waals surface area contributed by atoms with Gasteiger partial charge in [0.15, 0.2) is 0 Å². The molecule has 3 aliphatic rings. The summed E-state index contributed by atoms with van der Waals surface area (Å²) in [6.45, 7) is 6.84. The number of aliphatic hydroxyl groups is 1. The predicted octanol–water partition coefficient (Wildman–Crippen LogP) is 2.93. The summed E-state index contributed by atoms with van der Waals surface area (Å²) < 4.78 is 6.24. The molecule has 34 heavy (non-hydrogen) atoms. The number of anilines is 1. The van der Waals surface area contributed by atoms with Gasteiger partial charge in [-0.05, 0) is 37.3 Å². The van der Waals surface area contributed by atoms with Gasteiger partial charge in [-0.3, -0.25) is 10.2 Å². The number of hydrogen-bond donors (Lipinski definition) is 2. The van der Waals surface area contributed by atoms with Crippen LogP contribution in [0, 0.1) is 0 Å². The topological polar surface area (TPSA) is 90.8 Å². The van der Waals surface area contributed by atoms with E-state index in [4.69, 9.17) is 16.3 Å². The number of fused-ring (bicyclic) bond motifs is 1. The Morgan fingerprint density at radius 2 is 2.00 bits per heavy atom. The van der Waals surface area contributed by atoms with E-state index in [0.29, 0.717) is 16.8 Å². The Kier molecular flexibility index (Phi) is 7.48. The number of hydrogen-bond acceptors (Lipinski definition) is 9. The van der Waals surface area contributed by atoms with E-state index in [9.17, 15) is 9.90 Å². The molecule has 2 unspecified atom stereocenters. The van der Waals surface area contributed by atoms with E-state index >= 15 is 0 Å². The highest BCUT2D eigenvalue weighted by Gasteiger charge is 2.37. The Hall–Kier alpha value is -1.62. The lowest BCUT2D eigenvalue weighted by Crippen LogP contribution is -2.59. The van der Waals surface area contributed by atoms with Crippen molar-refractivity contribution in [1.29, 1.82) is 0 Å². The molecule has 4 heterocycles. The molecule has 1 aliphatic carbocycles. The lowest BCUT2D eigenvalue weighted by Gasteiger charge is -2.43. The van der Waals surface area contributed by atoms with Crippen molar-refractivity contribution in [2.45, 2.75) is 56.3 Å². The van der Waals surface area contributed by atoms with Gasteiger partial charge in [0, 0.05) is 55.9 Å². The molecule has 10 heteroatoms. The molecular weight excluding hydrogens is 474 g/mol. The summed E-state index contributed by atoms with van der Waals surface area (Å²) in [5.74, 6) is 0.898. The van der Waals surface area contributed by atoms with Gasteiger partial charge in [0.05, 0.1) is 28.2 Å². The van der Waals surface area contributed by atoms with Crippen molar-refractivity contribution in [2.75, 3.05) is 44.3 Å². The zero-order valence-electron chi connectivity index (χ0n) is 19.4. The number of ether oxygens (including phenoxy) is 1. The molecule has 0 aromatic carbocycles. The average Bonchev–Trinajstić information content (AvgIpc) is 3.42. The van der Waals surface area contributed by atoms with Gasteiger partial charge in [0.25, 0.3) is 0 Å². The second kappa shape index (κ2) is 10.6. The molecule has 4 atom stereocenters. The number of rotatable bonds is 7. The molecule has 8 nitrogen and oxygen atoms in total. The van der Waals surface area contributed by atoms with Crippen molar-refractivity contribution in [3.63, 3.8) is 0 Å². The number of carbonyl (C=O) groups excluding carboxylic acids is 1. The lowest BCUT2D eigenvalue weighted by molar-refractivity contribution is -0.111. The van der Waals surface area contributed by atoms with Crippen LogP contribution >= 0.6 is 22.9 Å². The fourth-order valence-electron chi connectivity index (χ4n) is 5.51. The third kappa shape index (κ3) is 4.87. The highest BCUT2D eigenvalue weighted by atomic mass is 35.5. The molecule has 2 aliphatic heterocycles. The predicted molar refractivity (Wildman–Crippen MR) is 133 cm³/mol. The zero-order valence-corrected chi connectivity index (χ0v) is 21.0. The van der Waals surface area contributed by atoms with Gasteiger partial charge in [-0.15, -0.1) is 11.3 Å². The fourth-order valence-corrected chi connectivity index (χ4v) is 6.66. The molecule has 5 rings (SSSR count). The van der Waals surface area contributed by atoms with E-state index in [1.807, 2.05) is 12.1 Å². The second-order valence-electron chi connectivity index (χ2n) is 9.47. The van der Waals surface area contributed by atoms with E-state index in [1.54, 1.807) is 6.33 Å². The van der Waals surface area contributed by atoms with Gasteiger partial charge >= 0.3 is 0 Å². The van der Waals surface area contributed by atoms with Crippen molar-refractivity contribution in [3.8, 4) is 0 Å². The maximum absolute atomic E-state index is 12.3. The number of piperazine rings is 1.